The summed E-state index contributed by atoms with van der Waals surface area (Å²) in [6.07, 6.45) is 2.71. The molecule has 2 heterocycles. The van der Waals surface area contributed by atoms with E-state index in [1.54, 1.807) is 0 Å². The molecule has 0 bridgehead atoms. The first kappa shape index (κ1) is 7.15. The van der Waals surface area contributed by atoms with Gasteiger partial charge in [-0.25, -0.2) is 4.79 Å². The lowest BCUT2D eigenvalue weighted by Gasteiger charge is -1.97. The summed E-state index contributed by atoms with van der Waals surface area (Å²) in [5.41, 5.74) is 5.85. The SMILES string of the molecule is NC(=O)Oc1cnn2c1CCC2. The maximum atomic E-state index is 10.4. The smallest absolute Gasteiger partial charge is 0.407 e. The van der Waals surface area contributed by atoms with Gasteiger partial charge in [0.15, 0.2) is 5.75 Å². The average Bonchev–Trinajstić information content (AvgIpc) is 2.52. The maximum Gasteiger partial charge on any atom is 0.410 e. The molecule has 5 nitrogen and oxygen atoms in total. The number of carbonyl (C=O) groups is 1. The van der Waals surface area contributed by atoms with E-state index >= 15 is 0 Å². The summed E-state index contributed by atoms with van der Waals surface area (Å²) in [7, 11) is 0. The van der Waals surface area contributed by atoms with Gasteiger partial charge in [-0.3, -0.25) is 4.68 Å². The lowest BCUT2D eigenvalue weighted by Crippen LogP contribution is -2.16. The number of ether oxygens (including phenoxy) is 1. The van der Waals surface area contributed by atoms with Gasteiger partial charge in [0, 0.05) is 6.54 Å². The number of aromatic nitrogens is 2. The molecule has 0 saturated heterocycles. The number of hydrogen-bond acceptors (Lipinski definition) is 3. The number of hydrogen-bond donors (Lipinski definition) is 1. The molecule has 2 N–H and O–H groups in total. The monoisotopic (exact) mass is 167 g/mol. The largest absolute Gasteiger partial charge is 0.410 e. The number of nitrogens with zero attached hydrogens (tertiary/aromatic N) is 2. The molecule has 0 spiro atoms. The molecule has 1 amide bonds. The Kier molecular flexibility index (Phi) is 1.49. The van der Waals surface area contributed by atoms with E-state index in [1.807, 2.05) is 4.68 Å². The van der Waals surface area contributed by atoms with E-state index in [-0.39, 0.29) is 0 Å². The first-order valence-electron chi connectivity index (χ1n) is 3.79. The van der Waals surface area contributed by atoms with Gasteiger partial charge in [0.05, 0.1) is 11.9 Å². The van der Waals surface area contributed by atoms with E-state index < -0.39 is 6.09 Å². The van der Waals surface area contributed by atoms with Crippen LogP contribution in [0.15, 0.2) is 6.20 Å². The van der Waals surface area contributed by atoms with Crippen molar-refractivity contribution in [3.63, 3.8) is 0 Å². The molecule has 64 valence electrons. The number of primary amides is 1. The van der Waals surface area contributed by atoms with Gasteiger partial charge in [-0.2, -0.15) is 5.10 Å². The van der Waals surface area contributed by atoms with Gasteiger partial charge in [-0.15, -0.1) is 0 Å². The second-order valence-corrected chi connectivity index (χ2v) is 2.70. The van der Waals surface area contributed by atoms with Gasteiger partial charge in [0.2, 0.25) is 0 Å². The highest BCUT2D eigenvalue weighted by Crippen LogP contribution is 2.24. The van der Waals surface area contributed by atoms with E-state index in [9.17, 15) is 4.79 Å². The third kappa shape index (κ3) is 1.03. The topological polar surface area (TPSA) is 70.1 Å². The zero-order chi connectivity index (χ0) is 8.55. The summed E-state index contributed by atoms with van der Waals surface area (Å²) in [4.78, 5) is 10.4. The Labute approximate surface area is 69.1 Å². The number of fused-ring (bicyclic) bond motifs is 1. The lowest BCUT2D eigenvalue weighted by atomic mass is 10.3. The van der Waals surface area contributed by atoms with E-state index in [2.05, 4.69) is 5.10 Å². The van der Waals surface area contributed by atoms with Crippen LogP contribution in [0.4, 0.5) is 4.79 Å². The number of amides is 1. The van der Waals surface area contributed by atoms with Crippen molar-refractivity contribution in [2.75, 3.05) is 0 Å². The van der Waals surface area contributed by atoms with Crippen LogP contribution in [0.3, 0.4) is 0 Å². The molecule has 0 saturated carbocycles. The molecule has 0 atom stereocenters. The minimum absolute atomic E-state index is 0.500. The van der Waals surface area contributed by atoms with Gasteiger partial charge in [0.25, 0.3) is 0 Å². The zero-order valence-corrected chi connectivity index (χ0v) is 6.49. The maximum absolute atomic E-state index is 10.4. The Morgan fingerprint density at radius 2 is 2.58 bits per heavy atom. The van der Waals surface area contributed by atoms with Crippen LogP contribution in [-0.2, 0) is 13.0 Å². The van der Waals surface area contributed by atoms with Crippen LogP contribution in [0.25, 0.3) is 0 Å². The van der Waals surface area contributed by atoms with Gasteiger partial charge >= 0.3 is 6.09 Å². The van der Waals surface area contributed by atoms with E-state index in [0.29, 0.717) is 5.75 Å². The molecular formula is C7H9N3O2. The molecule has 5 heteroatoms. The molecule has 0 aliphatic carbocycles. The van der Waals surface area contributed by atoms with E-state index in [4.69, 9.17) is 10.5 Å². The number of carbonyl (C=O) groups excluding carboxylic acids is 1. The predicted molar refractivity (Wildman–Crippen MR) is 40.8 cm³/mol. The van der Waals surface area contributed by atoms with Crippen LogP contribution in [-0.4, -0.2) is 15.9 Å². The van der Waals surface area contributed by atoms with Crippen LogP contribution in [0, 0.1) is 0 Å². The van der Waals surface area contributed by atoms with Crippen molar-refractivity contribution in [2.45, 2.75) is 19.4 Å². The standard InChI is InChI=1S/C7H9N3O2/c8-7(11)12-6-4-9-10-3-1-2-5(6)10/h4H,1-3H2,(H2,8,11). The Hall–Kier alpha value is -1.52. The Morgan fingerprint density at radius 1 is 1.75 bits per heavy atom. The van der Waals surface area contributed by atoms with Crippen molar-refractivity contribution in [3.05, 3.63) is 11.9 Å². The molecule has 0 unspecified atom stereocenters. The number of rotatable bonds is 1. The lowest BCUT2D eigenvalue weighted by molar-refractivity contribution is 0.210. The fourth-order valence-electron chi connectivity index (χ4n) is 1.43. The molecule has 0 aromatic carbocycles. The predicted octanol–water partition coefficient (Wildman–Crippen LogP) is 0.287. The fourth-order valence-corrected chi connectivity index (χ4v) is 1.43. The normalized spacial score (nSPS) is 14.3. The molecule has 1 aromatic rings. The van der Waals surface area contributed by atoms with Crippen LogP contribution >= 0.6 is 0 Å². The molecule has 0 fully saturated rings. The summed E-state index contributed by atoms with van der Waals surface area (Å²) in [6, 6.07) is 0. The quantitative estimate of drug-likeness (QED) is 0.653. The van der Waals surface area contributed by atoms with Crippen LogP contribution in [0.2, 0.25) is 0 Å². The molecule has 0 radical (unpaired) electrons. The van der Waals surface area contributed by atoms with Crippen molar-refractivity contribution in [3.8, 4) is 5.75 Å². The summed E-state index contributed by atoms with van der Waals surface area (Å²) in [5, 5.41) is 4.03. The summed E-state index contributed by atoms with van der Waals surface area (Å²) >= 11 is 0. The molecule has 1 aliphatic rings. The van der Waals surface area contributed by atoms with E-state index in [0.717, 1.165) is 25.1 Å². The minimum Gasteiger partial charge on any atom is -0.407 e. The highest BCUT2D eigenvalue weighted by molar-refractivity contribution is 5.68. The minimum atomic E-state index is -0.780. The van der Waals surface area contributed by atoms with Crippen molar-refractivity contribution in [2.24, 2.45) is 5.73 Å². The molecule has 2 rings (SSSR count). The average molecular weight is 167 g/mol. The van der Waals surface area contributed by atoms with Crippen molar-refractivity contribution in [1.29, 1.82) is 0 Å². The van der Waals surface area contributed by atoms with Gasteiger partial charge in [-0.1, -0.05) is 0 Å². The first-order chi connectivity index (χ1) is 5.77. The fraction of sp³-hybridized carbons (Fsp3) is 0.429. The first-order valence-corrected chi connectivity index (χ1v) is 3.79. The second-order valence-electron chi connectivity index (χ2n) is 2.70. The Balaban J connectivity index is 2.27. The summed E-state index contributed by atoms with van der Waals surface area (Å²) < 4.78 is 6.58. The molecule has 1 aromatic heterocycles. The molecular weight excluding hydrogens is 158 g/mol. The second kappa shape index (κ2) is 2.51. The van der Waals surface area contributed by atoms with Crippen molar-refractivity contribution >= 4 is 6.09 Å². The molecule has 12 heavy (non-hydrogen) atoms. The van der Waals surface area contributed by atoms with Crippen molar-refractivity contribution in [1.82, 2.24) is 9.78 Å². The van der Waals surface area contributed by atoms with Crippen molar-refractivity contribution < 1.29 is 9.53 Å². The van der Waals surface area contributed by atoms with Gasteiger partial charge in [0.1, 0.15) is 0 Å². The highest BCUT2D eigenvalue weighted by Gasteiger charge is 2.18. The van der Waals surface area contributed by atoms with E-state index in [1.165, 1.54) is 6.20 Å². The summed E-state index contributed by atoms with van der Waals surface area (Å²) in [6.45, 7) is 0.900. The third-order valence-corrected chi connectivity index (χ3v) is 1.90. The highest BCUT2D eigenvalue weighted by atomic mass is 16.5. The third-order valence-electron chi connectivity index (χ3n) is 1.90. The van der Waals surface area contributed by atoms with Crippen LogP contribution in [0.5, 0.6) is 5.75 Å². The number of nitrogens with two attached hydrogens (primary N) is 1. The molecule has 1 aliphatic heterocycles. The number of aryl methyl sites for hydroxylation is 1. The van der Waals surface area contributed by atoms with Gasteiger partial charge < -0.3 is 10.5 Å². The Morgan fingerprint density at radius 3 is 3.33 bits per heavy atom. The van der Waals surface area contributed by atoms with Gasteiger partial charge in [-0.05, 0) is 12.8 Å². The Bertz CT molecular complexity index is 318. The van der Waals surface area contributed by atoms with Crippen LogP contribution < -0.4 is 10.5 Å². The van der Waals surface area contributed by atoms with Crippen LogP contribution in [0.1, 0.15) is 12.1 Å². The summed E-state index contributed by atoms with van der Waals surface area (Å²) in [5.74, 6) is 0.500. The zero-order valence-electron chi connectivity index (χ0n) is 6.49.